The van der Waals surface area contributed by atoms with Gasteiger partial charge in [-0.15, -0.1) is 11.6 Å². The second kappa shape index (κ2) is 4.54. The standard InChI is InChI=1S/C6H8ClF3O2/c1-2-12-5(11)3-4(7)6(8,9)10/h4H,2-3H2,1H3/t4-/m1/s1. The normalized spacial score (nSPS) is 14.1. The van der Waals surface area contributed by atoms with Crippen LogP contribution in [0.5, 0.6) is 0 Å². The van der Waals surface area contributed by atoms with E-state index in [4.69, 9.17) is 11.6 Å². The zero-order chi connectivity index (χ0) is 9.78. The SMILES string of the molecule is CCOC(=O)C[C@@H](Cl)C(F)(F)F. The molecule has 0 spiro atoms. The van der Waals surface area contributed by atoms with Crippen LogP contribution >= 0.6 is 11.6 Å². The highest BCUT2D eigenvalue weighted by Crippen LogP contribution is 2.27. The highest BCUT2D eigenvalue weighted by molar-refractivity contribution is 6.22. The van der Waals surface area contributed by atoms with E-state index in [1.807, 2.05) is 0 Å². The Morgan fingerprint density at radius 3 is 2.42 bits per heavy atom. The van der Waals surface area contributed by atoms with E-state index in [0.29, 0.717) is 0 Å². The summed E-state index contributed by atoms with van der Waals surface area (Å²) in [6.45, 7) is 1.56. The summed E-state index contributed by atoms with van der Waals surface area (Å²) < 4.78 is 39.4. The van der Waals surface area contributed by atoms with E-state index < -0.39 is 23.9 Å². The third kappa shape index (κ3) is 4.43. The van der Waals surface area contributed by atoms with Crippen LogP contribution in [0, 0.1) is 0 Å². The van der Waals surface area contributed by atoms with Gasteiger partial charge in [-0.2, -0.15) is 13.2 Å². The van der Waals surface area contributed by atoms with Gasteiger partial charge in [0.15, 0.2) is 0 Å². The molecule has 0 aromatic rings. The van der Waals surface area contributed by atoms with Crippen LogP contribution in [0.15, 0.2) is 0 Å². The van der Waals surface area contributed by atoms with Crippen LogP contribution in [0.3, 0.4) is 0 Å². The molecule has 0 aliphatic rings. The molecule has 0 aromatic heterocycles. The molecule has 0 heterocycles. The second-order valence-electron chi connectivity index (χ2n) is 2.02. The van der Waals surface area contributed by atoms with Crippen molar-refractivity contribution in [2.45, 2.75) is 24.9 Å². The number of alkyl halides is 4. The van der Waals surface area contributed by atoms with Gasteiger partial charge in [-0.05, 0) is 6.92 Å². The van der Waals surface area contributed by atoms with Gasteiger partial charge in [0, 0.05) is 0 Å². The van der Waals surface area contributed by atoms with Crippen LogP contribution in [-0.2, 0) is 9.53 Å². The average Bonchev–Trinajstić information content (AvgIpc) is 1.85. The van der Waals surface area contributed by atoms with Crippen molar-refractivity contribution in [2.24, 2.45) is 0 Å². The van der Waals surface area contributed by atoms with Gasteiger partial charge in [0.05, 0.1) is 13.0 Å². The fraction of sp³-hybridized carbons (Fsp3) is 0.833. The third-order valence-corrected chi connectivity index (χ3v) is 1.41. The van der Waals surface area contributed by atoms with Crippen molar-refractivity contribution in [3.05, 3.63) is 0 Å². The van der Waals surface area contributed by atoms with E-state index in [-0.39, 0.29) is 6.61 Å². The van der Waals surface area contributed by atoms with Crippen molar-refractivity contribution in [3.63, 3.8) is 0 Å². The van der Waals surface area contributed by atoms with E-state index in [1.165, 1.54) is 6.92 Å². The summed E-state index contributed by atoms with van der Waals surface area (Å²) >= 11 is 4.86. The van der Waals surface area contributed by atoms with Gasteiger partial charge in [-0.1, -0.05) is 0 Å². The quantitative estimate of drug-likeness (QED) is 0.520. The Balaban J connectivity index is 3.84. The predicted molar refractivity (Wildman–Crippen MR) is 36.9 cm³/mol. The summed E-state index contributed by atoms with van der Waals surface area (Å²) in [4.78, 5) is 10.5. The number of esters is 1. The third-order valence-electron chi connectivity index (χ3n) is 1.01. The minimum absolute atomic E-state index is 0.0559. The highest BCUT2D eigenvalue weighted by atomic mass is 35.5. The van der Waals surface area contributed by atoms with Gasteiger partial charge in [0.25, 0.3) is 0 Å². The minimum Gasteiger partial charge on any atom is -0.466 e. The molecule has 0 bridgehead atoms. The molecule has 0 aliphatic heterocycles. The first-order valence-corrected chi connectivity index (χ1v) is 3.68. The summed E-state index contributed by atoms with van der Waals surface area (Å²) in [6, 6.07) is 0. The molecule has 0 amide bonds. The molecule has 2 nitrogen and oxygen atoms in total. The molecule has 6 heteroatoms. The lowest BCUT2D eigenvalue weighted by Crippen LogP contribution is -2.26. The maximum absolute atomic E-state index is 11.7. The summed E-state index contributed by atoms with van der Waals surface area (Å²) in [5.74, 6) is -0.935. The topological polar surface area (TPSA) is 26.3 Å². The molecular formula is C6H8ClF3O2. The first kappa shape index (κ1) is 11.6. The molecule has 0 aromatic carbocycles. The smallest absolute Gasteiger partial charge is 0.405 e. The number of ether oxygens (including phenoxy) is 1. The van der Waals surface area contributed by atoms with Crippen molar-refractivity contribution in [1.82, 2.24) is 0 Å². The zero-order valence-electron chi connectivity index (χ0n) is 6.32. The van der Waals surface area contributed by atoms with Crippen LogP contribution in [0.2, 0.25) is 0 Å². The Morgan fingerprint density at radius 2 is 2.08 bits per heavy atom. The fourth-order valence-electron chi connectivity index (χ4n) is 0.482. The van der Waals surface area contributed by atoms with Crippen LogP contribution in [0.4, 0.5) is 13.2 Å². The predicted octanol–water partition coefficient (Wildman–Crippen LogP) is 2.11. The van der Waals surface area contributed by atoms with Crippen molar-refractivity contribution >= 4 is 17.6 Å². The summed E-state index contributed by atoms with van der Waals surface area (Å²) in [7, 11) is 0. The number of carbonyl (C=O) groups is 1. The second-order valence-corrected chi connectivity index (χ2v) is 2.55. The molecule has 0 saturated heterocycles. The Morgan fingerprint density at radius 1 is 1.58 bits per heavy atom. The maximum atomic E-state index is 11.7. The van der Waals surface area contributed by atoms with Gasteiger partial charge >= 0.3 is 12.1 Å². The van der Waals surface area contributed by atoms with E-state index >= 15 is 0 Å². The van der Waals surface area contributed by atoms with Gasteiger partial charge in [-0.25, -0.2) is 0 Å². The molecule has 0 radical (unpaired) electrons. The van der Waals surface area contributed by atoms with Crippen molar-refractivity contribution < 1.29 is 22.7 Å². The zero-order valence-corrected chi connectivity index (χ0v) is 7.08. The summed E-state index contributed by atoms with van der Waals surface area (Å²) in [5, 5.41) is -2.16. The van der Waals surface area contributed by atoms with Crippen molar-refractivity contribution in [3.8, 4) is 0 Å². The van der Waals surface area contributed by atoms with E-state index in [0.717, 1.165) is 0 Å². The van der Waals surface area contributed by atoms with Gasteiger partial charge in [0.2, 0.25) is 0 Å². The average molecular weight is 205 g/mol. The molecule has 1 atom stereocenters. The largest absolute Gasteiger partial charge is 0.466 e. The molecular weight excluding hydrogens is 197 g/mol. The minimum atomic E-state index is -4.55. The number of hydrogen-bond donors (Lipinski definition) is 0. The molecule has 0 unspecified atom stereocenters. The molecule has 0 fully saturated rings. The molecule has 72 valence electrons. The van der Waals surface area contributed by atoms with Crippen LogP contribution in [0.1, 0.15) is 13.3 Å². The first-order chi connectivity index (χ1) is 5.38. The van der Waals surface area contributed by atoms with E-state index in [9.17, 15) is 18.0 Å². The number of halogens is 4. The molecule has 0 N–H and O–H groups in total. The lowest BCUT2D eigenvalue weighted by atomic mass is 10.3. The maximum Gasteiger partial charge on any atom is 0.405 e. The highest BCUT2D eigenvalue weighted by Gasteiger charge is 2.39. The number of rotatable bonds is 3. The van der Waals surface area contributed by atoms with Crippen LogP contribution < -0.4 is 0 Å². The lowest BCUT2D eigenvalue weighted by molar-refractivity contribution is -0.155. The van der Waals surface area contributed by atoms with Crippen molar-refractivity contribution in [2.75, 3.05) is 6.61 Å². The van der Waals surface area contributed by atoms with E-state index in [1.54, 1.807) is 0 Å². The number of hydrogen-bond acceptors (Lipinski definition) is 2. The van der Waals surface area contributed by atoms with Gasteiger partial charge < -0.3 is 4.74 Å². The first-order valence-electron chi connectivity index (χ1n) is 3.24. The fourth-order valence-corrected chi connectivity index (χ4v) is 0.608. The Kier molecular flexibility index (Phi) is 4.37. The van der Waals surface area contributed by atoms with Gasteiger partial charge in [0.1, 0.15) is 5.38 Å². The van der Waals surface area contributed by atoms with Gasteiger partial charge in [-0.3, -0.25) is 4.79 Å². The summed E-state index contributed by atoms with van der Waals surface area (Å²) in [6.07, 6.45) is -5.38. The molecule has 12 heavy (non-hydrogen) atoms. The Labute approximate surface area is 72.6 Å². The molecule has 0 saturated carbocycles. The van der Waals surface area contributed by atoms with E-state index in [2.05, 4.69) is 4.74 Å². The van der Waals surface area contributed by atoms with Crippen LogP contribution in [-0.4, -0.2) is 24.1 Å². The monoisotopic (exact) mass is 204 g/mol. The summed E-state index contributed by atoms with van der Waals surface area (Å²) in [5.41, 5.74) is 0. The molecule has 0 rings (SSSR count). The Hall–Kier alpha value is -0.450. The number of carbonyl (C=O) groups excluding carboxylic acids is 1. The van der Waals surface area contributed by atoms with Crippen molar-refractivity contribution in [1.29, 1.82) is 0 Å². The Bertz CT molecular complexity index is 157. The lowest BCUT2D eigenvalue weighted by Gasteiger charge is -2.11. The molecule has 0 aliphatic carbocycles. The van der Waals surface area contributed by atoms with Crippen LogP contribution in [0.25, 0.3) is 0 Å².